The molecule has 0 saturated carbocycles. The molecular formula is C20H27N5O2. The fourth-order valence-corrected chi connectivity index (χ4v) is 3.01. The summed E-state index contributed by atoms with van der Waals surface area (Å²) in [7, 11) is 0. The number of nitrogens with zero attached hydrogens (tertiary/aromatic N) is 4. The van der Waals surface area contributed by atoms with Crippen LogP contribution in [0, 0.1) is 6.92 Å². The zero-order valence-corrected chi connectivity index (χ0v) is 16.5. The summed E-state index contributed by atoms with van der Waals surface area (Å²) in [6.45, 7) is 8.36. The molecule has 1 N–H and O–H groups in total. The Morgan fingerprint density at radius 3 is 2.70 bits per heavy atom. The molecule has 0 atom stereocenters. The normalized spacial score (nSPS) is 11.9. The Bertz CT molecular complexity index is 943. The van der Waals surface area contributed by atoms with Crippen LogP contribution in [0.4, 0.5) is 5.82 Å². The van der Waals surface area contributed by atoms with Crippen LogP contribution in [0.1, 0.15) is 52.3 Å². The third-order valence-corrected chi connectivity index (χ3v) is 4.16. The number of unbranched alkanes of at least 4 members (excludes halogenated alkanes) is 2. The summed E-state index contributed by atoms with van der Waals surface area (Å²) in [4.78, 5) is 16.4. The van der Waals surface area contributed by atoms with Crippen LogP contribution in [0.5, 0.6) is 0 Å². The number of esters is 1. The van der Waals surface area contributed by atoms with Gasteiger partial charge >= 0.3 is 5.97 Å². The molecule has 0 aliphatic heterocycles. The van der Waals surface area contributed by atoms with Crippen LogP contribution in [-0.4, -0.2) is 37.7 Å². The van der Waals surface area contributed by atoms with E-state index in [1.54, 1.807) is 0 Å². The lowest BCUT2D eigenvalue weighted by molar-refractivity contribution is -0.154. The molecule has 27 heavy (non-hydrogen) atoms. The summed E-state index contributed by atoms with van der Waals surface area (Å²) in [5.41, 5.74) is 2.22. The Balaban J connectivity index is 1.56. The largest absolute Gasteiger partial charge is 0.460 e. The van der Waals surface area contributed by atoms with Gasteiger partial charge in [-0.2, -0.15) is 0 Å². The van der Waals surface area contributed by atoms with Crippen LogP contribution in [0.2, 0.25) is 0 Å². The van der Waals surface area contributed by atoms with E-state index in [0.717, 1.165) is 54.1 Å². The summed E-state index contributed by atoms with van der Waals surface area (Å²) >= 11 is 0. The number of anilines is 1. The lowest BCUT2D eigenvalue weighted by Crippen LogP contribution is -2.23. The molecule has 2 aromatic heterocycles. The molecule has 0 unspecified atom stereocenters. The molecule has 0 radical (unpaired) electrons. The van der Waals surface area contributed by atoms with Crippen LogP contribution < -0.4 is 5.32 Å². The van der Waals surface area contributed by atoms with E-state index in [9.17, 15) is 4.79 Å². The number of rotatable bonds is 7. The van der Waals surface area contributed by atoms with Crippen LogP contribution in [0.3, 0.4) is 0 Å². The summed E-state index contributed by atoms with van der Waals surface area (Å²) in [6, 6.07) is 7.97. The zero-order chi connectivity index (χ0) is 19.4. The number of hydrogen-bond donors (Lipinski definition) is 1. The molecule has 3 aromatic rings. The van der Waals surface area contributed by atoms with Gasteiger partial charge in [-0.25, -0.2) is 4.98 Å². The van der Waals surface area contributed by atoms with E-state index in [1.165, 1.54) is 0 Å². The quantitative estimate of drug-likeness (QED) is 0.502. The van der Waals surface area contributed by atoms with Crippen molar-refractivity contribution in [2.75, 3.05) is 11.9 Å². The highest BCUT2D eigenvalue weighted by atomic mass is 16.6. The van der Waals surface area contributed by atoms with Gasteiger partial charge in [0, 0.05) is 13.0 Å². The Labute approximate surface area is 159 Å². The smallest absolute Gasteiger partial charge is 0.306 e. The van der Waals surface area contributed by atoms with E-state index in [-0.39, 0.29) is 5.97 Å². The third-order valence-electron chi connectivity index (χ3n) is 4.16. The van der Waals surface area contributed by atoms with Crippen molar-refractivity contribution in [1.82, 2.24) is 19.6 Å². The van der Waals surface area contributed by atoms with Crippen molar-refractivity contribution in [3.05, 3.63) is 30.1 Å². The van der Waals surface area contributed by atoms with Gasteiger partial charge in [0.05, 0.1) is 11.0 Å². The number of hydrogen-bond acceptors (Lipinski definition) is 6. The molecule has 0 aliphatic rings. The number of nitrogens with one attached hydrogen (secondary N) is 1. The first-order chi connectivity index (χ1) is 12.8. The molecule has 0 bridgehead atoms. The van der Waals surface area contributed by atoms with Gasteiger partial charge in [-0.05, 0) is 52.7 Å². The minimum Gasteiger partial charge on any atom is -0.460 e. The maximum atomic E-state index is 11.7. The van der Waals surface area contributed by atoms with Crippen LogP contribution >= 0.6 is 0 Å². The topological polar surface area (TPSA) is 81.4 Å². The second-order valence-corrected chi connectivity index (χ2v) is 7.68. The Morgan fingerprint density at radius 1 is 1.15 bits per heavy atom. The summed E-state index contributed by atoms with van der Waals surface area (Å²) in [6.07, 6.45) is 3.17. The molecule has 2 heterocycles. The van der Waals surface area contributed by atoms with E-state index in [0.29, 0.717) is 6.42 Å². The van der Waals surface area contributed by atoms with Crippen molar-refractivity contribution in [3.8, 4) is 0 Å². The monoisotopic (exact) mass is 369 g/mol. The van der Waals surface area contributed by atoms with Crippen molar-refractivity contribution in [2.24, 2.45) is 0 Å². The number of benzene rings is 1. The molecule has 0 spiro atoms. The van der Waals surface area contributed by atoms with E-state index in [2.05, 4.69) is 15.5 Å². The van der Waals surface area contributed by atoms with Gasteiger partial charge in [-0.3, -0.25) is 9.20 Å². The van der Waals surface area contributed by atoms with Gasteiger partial charge in [0.25, 0.3) is 0 Å². The second kappa shape index (κ2) is 7.90. The molecule has 0 aliphatic carbocycles. The first-order valence-corrected chi connectivity index (χ1v) is 9.41. The SMILES string of the molecule is Cc1nnc2c(NCCCCCC(=O)OC(C)(C)C)nc3ccccc3n12. The van der Waals surface area contributed by atoms with E-state index < -0.39 is 5.60 Å². The number of para-hydroxylation sites is 2. The van der Waals surface area contributed by atoms with Crippen LogP contribution in [0.15, 0.2) is 24.3 Å². The van der Waals surface area contributed by atoms with Crippen molar-refractivity contribution in [1.29, 1.82) is 0 Å². The maximum absolute atomic E-state index is 11.7. The number of aryl methyl sites for hydroxylation is 1. The highest BCUT2D eigenvalue weighted by Crippen LogP contribution is 2.21. The Hall–Kier alpha value is -2.70. The molecule has 1 aromatic carbocycles. The number of aromatic nitrogens is 4. The van der Waals surface area contributed by atoms with E-state index >= 15 is 0 Å². The van der Waals surface area contributed by atoms with Gasteiger partial charge in [0.1, 0.15) is 11.4 Å². The summed E-state index contributed by atoms with van der Waals surface area (Å²) < 4.78 is 7.34. The third kappa shape index (κ3) is 4.72. The Kier molecular flexibility index (Phi) is 5.58. The van der Waals surface area contributed by atoms with Gasteiger partial charge in [0.15, 0.2) is 5.82 Å². The standard InChI is InChI=1S/C20H27N5O2/c1-14-23-24-19-18(22-15-10-7-8-11-16(15)25(14)19)21-13-9-5-6-12-17(26)27-20(2,3)4/h7-8,10-11H,5-6,9,12-13H2,1-4H3,(H,21,22). The zero-order valence-electron chi connectivity index (χ0n) is 16.5. The minimum absolute atomic E-state index is 0.132. The first kappa shape index (κ1) is 19.1. The van der Waals surface area contributed by atoms with Gasteiger partial charge in [-0.15, -0.1) is 10.2 Å². The predicted molar refractivity (Wildman–Crippen MR) is 106 cm³/mol. The lowest BCUT2D eigenvalue weighted by Gasteiger charge is -2.19. The second-order valence-electron chi connectivity index (χ2n) is 7.68. The fourth-order valence-electron chi connectivity index (χ4n) is 3.01. The molecular weight excluding hydrogens is 342 g/mol. The van der Waals surface area contributed by atoms with Crippen LogP contribution in [-0.2, 0) is 9.53 Å². The van der Waals surface area contributed by atoms with Gasteiger partial charge in [-0.1, -0.05) is 18.6 Å². The fraction of sp³-hybridized carbons (Fsp3) is 0.500. The molecule has 0 fully saturated rings. The predicted octanol–water partition coefficient (Wildman–Crippen LogP) is 3.90. The molecule has 0 saturated heterocycles. The molecule has 7 heteroatoms. The average Bonchev–Trinajstić information content (AvgIpc) is 2.99. The summed E-state index contributed by atoms with van der Waals surface area (Å²) in [5, 5.41) is 11.8. The highest BCUT2D eigenvalue weighted by Gasteiger charge is 2.15. The maximum Gasteiger partial charge on any atom is 0.306 e. The number of fused-ring (bicyclic) bond motifs is 3. The minimum atomic E-state index is -0.415. The Morgan fingerprint density at radius 2 is 1.93 bits per heavy atom. The van der Waals surface area contributed by atoms with Crippen molar-refractivity contribution < 1.29 is 9.53 Å². The van der Waals surface area contributed by atoms with E-state index in [4.69, 9.17) is 9.72 Å². The van der Waals surface area contributed by atoms with Crippen molar-refractivity contribution >= 4 is 28.5 Å². The highest BCUT2D eigenvalue weighted by molar-refractivity contribution is 5.82. The molecule has 7 nitrogen and oxygen atoms in total. The van der Waals surface area contributed by atoms with Crippen molar-refractivity contribution in [2.45, 2.75) is 59.0 Å². The summed E-state index contributed by atoms with van der Waals surface area (Å²) in [5.74, 6) is 1.44. The van der Waals surface area contributed by atoms with E-state index in [1.807, 2.05) is 56.4 Å². The van der Waals surface area contributed by atoms with Gasteiger partial charge < -0.3 is 10.1 Å². The average molecular weight is 369 g/mol. The van der Waals surface area contributed by atoms with Gasteiger partial charge in [0.2, 0.25) is 5.65 Å². The molecule has 144 valence electrons. The van der Waals surface area contributed by atoms with Crippen LogP contribution in [0.25, 0.3) is 16.7 Å². The lowest BCUT2D eigenvalue weighted by atomic mass is 10.1. The number of carbonyl (C=O) groups is 1. The van der Waals surface area contributed by atoms with Crippen molar-refractivity contribution in [3.63, 3.8) is 0 Å². The number of carbonyl (C=O) groups excluding carboxylic acids is 1. The molecule has 0 amide bonds. The number of ether oxygens (including phenoxy) is 1. The molecule has 3 rings (SSSR count). The first-order valence-electron chi connectivity index (χ1n) is 9.41.